The Hall–Kier alpha value is -7.56. The first-order chi connectivity index (χ1) is 37.7. The van der Waals surface area contributed by atoms with Gasteiger partial charge in [-0.15, -0.1) is 0 Å². The van der Waals surface area contributed by atoms with Gasteiger partial charge in [-0.1, -0.05) is 207 Å². The summed E-state index contributed by atoms with van der Waals surface area (Å²) in [7, 11) is 0. The molecule has 0 saturated heterocycles. The molecule has 4 heteroatoms. The van der Waals surface area contributed by atoms with Crippen LogP contribution in [0, 0.1) is 0 Å². The van der Waals surface area contributed by atoms with Gasteiger partial charge in [0.2, 0.25) is 0 Å². The van der Waals surface area contributed by atoms with Crippen molar-refractivity contribution in [1.82, 2.24) is 0 Å². The van der Waals surface area contributed by atoms with Gasteiger partial charge in [-0.2, -0.15) is 0 Å². The Balaban J connectivity index is 1.13. The van der Waals surface area contributed by atoms with Crippen molar-refractivity contribution in [1.29, 1.82) is 0 Å². The van der Waals surface area contributed by atoms with Crippen LogP contribution >= 0.6 is 0 Å². The third-order valence-corrected chi connectivity index (χ3v) is 19.3. The van der Waals surface area contributed by atoms with Crippen molar-refractivity contribution >= 4 is 68.6 Å². The van der Waals surface area contributed by atoms with Gasteiger partial charge >= 0.3 is 0 Å². The molecule has 2 unspecified atom stereocenters. The quantitative estimate of drug-likeness (QED) is 0.154. The van der Waals surface area contributed by atoms with Gasteiger partial charge in [0.25, 0.3) is 6.71 Å². The van der Waals surface area contributed by atoms with Crippen LogP contribution in [0.2, 0.25) is 0 Å². The monoisotopic (exact) mass is 1010 g/mol. The Bertz CT molecular complexity index is 3830. The van der Waals surface area contributed by atoms with Crippen LogP contribution < -0.4 is 31.1 Å². The van der Waals surface area contributed by atoms with E-state index >= 15 is 0 Å². The molecule has 0 N–H and O–H groups in total. The molecule has 1 fully saturated rings. The van der Waals surface area contributed by atoms with E-state index in [1.807, 2.05) is 0 Å². The number of nitrogens with zero attached hydrogens (tertiary/aromatic N) is 3. The van der Waals surface area contributed by atoms with Crippen molar-refractivity contribution in [2.75, 3.05) is 14.7 Å². The third kappa shape index (κ3) is 7.60. The molecule has 0 spiro atoms. The highest BCUT2D eigenvalue weighted by molar-refractivity contribution is 7.00. The largest absolute Gasteiger partial charge is 0.334 e. The lowest BCUT2D eigenvalue weighted by Crippen LogP contribution is -2.61. The minimum absolute atomic E-state index is 0.0115. The van der Waals surface area contributed by atoms with Gasteiger partial charge in [-0.05, 0) is 176 Å². The zero-order chi connectivity index (χ0) is 53.3. The van der Waals surface area contributed by atoms with Crippen molar-refractivity contribution in [3.8, 4) is 33.4 Å². The molecule has 386 valence electrons. The lowest BCUT2D eigenvalue weighted by atomic mass is 9.33. The van der Waals surface area contributed by atoms with Crippen LogP contribution in [-0.2, 0) is 29.1 Å². The first-order valence-electron chi connectivity index (χ1n) is 29.1. The van der Waals surface area contributed by atoms with E-state index in [1.54, 1.807) is 0 Å². The van der Waals surface area contributed by atoms with Gasteiger partial charge in [-0.3, -0.25) is 0 Å². The maximum Gasteiger partial charge on any atom is 0.252 e. The van der Waals surface area contributed by atoms with E-state index in [2.05, 4.69) is 264 Å². The van der Waals surface area contributed by atoms with Gasteiger partial charge in [-0.25, -0.2) is 0 Å². The van der Waals surface area contributed by atoms with E-state index in [9.17, 15) is 0 Å². The standard InChI is InChI=1S/C74H72BN3/c1-71(2,3)56-34-37-64(60(45-56)51-27-17-11-18-28-51)77-67-43-54-30-21-29-53(54)42-63(67)75-62-36-33-55(50-25-15-10-16-26-50)44-66(62)76(58-32-22-31-52(41-58)49-23-13-9-14-24-49)68-47-59(48-69(77)70(68)75)78-65-38-35-57(72(4,5)6)46-61(65)73(7)39-19-12-20-40-74(73,78)8/h9-11,13-18,22-28,31-38,41-48H,12,19-21,29-30,39-40H2,1-8H3. The van der Waals surface area contributed by atoms with Crippen molar-refractivity contribution in [3.63, 3.8) is 0 Å². The number of rotatable bonds is 6. The minimum Gasteiger partial charge on any atom is -0.334 e. The predicted molar refractivity (Wildman–Crippen MR) is 334 cm³/mol. The summed E-state index contributed by atoms with van der Waals surface area (Å²) in [6.07, 6.45) is 9.41. The average Bonchev–Trinajstić information content (AvgIpc) is 4.08. The van der Waals surface area contributed by atoms with Crippen LogP contribution in [0.25, 0.3) is 33.4 Å². The number of fused-ring (bicyclic) bond motifs is 8. The summed E-state index contributed by atoms with van der Waals surface area (Å²) in [5.41, 5.74) is 28.5. The number of benzene rings is 9. The first kappa shape index (κ1) is 48.8. The highest BCUT2D eigenvalue weighted by atomic mass is 15.3. The Morgan fingerprint density at radius 1 is 0.397 bits per heavy atom. The molecule has 9 aromatic rings. The van der Waals surface area contributed by atoms with Crippen molar-refractivity contribution in [2.45, 2.75) is 129 Å². The lowest BCUT2D eigenvalue weighted by Gasteiger charge is -2.49. The SMILES string of the molecule is CC(C)(C)c1ccc(N2c3cc4c(cc3B3c5ccc(-c6ccccc6)cc5N(c5cccc(-c6ccccc6)c5)c5cc(N6c7ccc(C(C)(C)C)cc7C7(C)CCCCCC67C)cc2c53)CCC4)c(-c2ccccc2)c1. The summed E-state index contributed by atoms with van der Waals surface area (Å²) in [6.45, 7) is 19.4. The lowest BCUT2D eigenvalue weighted by molar-refractivity contribution is 0.261. The molecule has 5 aliphatic rings. The van der Waals surface area contributed by atoms with Gasteiger partial charge in [0.05, 0.1) is 11.2 Å². The number of hydrogen-bond donors (Lipinski definition) is 0. The van der Waals surface area contributed by atoms with E-state index in [0.717, 1.165) is 24.9 Å². The van der Waals surface area contributed by atoms with Gasteiger partial charge in [0.15, 0.2) is 0 Å². The topological polar surface area (TPSA) is 9.72 Å². The van der Waals surface area contributed by atoms with Crippen molar-refractivity contribution in [3.05, 3.63) is 222 Å². The molecule has 0 amide bonds. The maximum absolute atomic E-state index is 2.86. The fourth-order valence-corrected chi connectivity index (χ4v) is 14.8. The first-order valence-corrected chi connectivity index (χ1v) is 29.1. The van der Waals surface area contributed by atoms with Crippen LogP contribution in [0.5, 0.6) is 0 Å². The second kappa shape index (κ2) is 18.0. The Labute approximate surface area is 464 Å². The molecule has 1 saturated carbocycles. The highest BCUT2D eigenvalue weighted by Crippen LogP contribution is 2.62. The van der Waals surface area contributed by atoms with E-state index in [1.165, 1.54) is 150 Å². The molecule has 3 heterocycles. The predicted octanol–water partition coefficient (Wildman–Crippen LogP) is 18.0. The normalized spacial score (nSPS) is 19.1. The summed E-state index contributed by atoms with van der Waals surface area (Å²) in [5.74, 6) is 0. The van der Waals surface area contributed by atoms with Gasteiger partial charge < -0.3 is 14.7 Å². The van der Waals surface area contributed by atoms with Crippen LogP contribution in [0.3, 0.4) is 0 Å². The molecule has 0 bridgehead atoms. The number of anilines is 8. The smallest absolute Gasteiger partial charge is 0.252 e. The molecular weight excluding hydrogens is 942 g/mol. The summed E-state index contributed by atoms with van der Waals surface area (Å²) in [6, 6.07) is 75.4. The zero-order valence-corrected chi connectivity index (χ0v) is 47.1. The Kier molecular flexibility index (Phi) is 11.3. The van der Waals surface area contributed by atoms with Crippen LogP contribution in [0.1, 0.15) is 122 Å². The van der Waals surface area contributed by atoms with Gasteiger partial charge in [0, 0.05) is 50.8 Å². The van der Waals surface area contributed by atoms with Crippen LogP contribution in [-0.4, -0.2) is 12.3 Å². The molecule has 0 aromatic heterocycles. The molecular formula is C74H72BN3. The van der Waals surface area contributed by atoms with Crippen LogP contribution in [0.15, 0.2) is 194 Å². The molecule has 2 aliphatic carbocycles. The summed E-state index contributed by atoms with van der Waals surface area (Å²) < 4.78 is 0. The average molecular weight is 1010 g/mol. The van der Waals surface area contributed by atoms with Crippen molar-refractivity contribution < 1.29 is 0 Å². The molecule has 78 heavy (non-hydrogen) atoms. The third-order valence-electron chi connectivity index (χ3n) is 19.3. The molecule has 9 aromatic carbocycles. The van der Waals surface area contributed by atoms with E-state index in [4.69, 9.17) is 0 Å². The molecule has 14 rings (SSSR count). The summed E-state index contributed by atoms with van der Waals surface area (Å²) in [5, 5.41) is 0. The fraction of sp³-hybridized carbons (Fsp3) is 0.270. The number of aryl methyl sites for hydroxylation is 2. The minimum atomic E-state index is -0.185. The Morgan fingerprint density at radius 2 is 0.974 bits per heavy atom. The molecule has 2 atom stereocenters. The summed E-state index contributed by atoms with van der Waals surface area (Å²) in [4.78, 5) is 8.26. The second-order valence-electron chi connectivity index (χ2n) is 25.9. The van der Waals surface area contributed by atoms with Crippen LogP contribution in [0.4, 0.5) is 45.5 Å². The zero-order valence-electron chi connectivity index (χ0n) is 47.1. The maximum atomic E-state index is 2.86. The fourth-order valence-electron chi connectivity index (χ4n) is 14.8. The molecule has 3 nitrogen and oxygen atoms in total. The van der Waals surface area contributed by atoms with Gasteiger partial charge in [0.1, 0.15) is 0 Å². The summed E-state index contributed by atoms with van der Waals surface area (Å²) >= 11 is 0. The van der Waals surface area contributed by atoms with E-state index in [0.29, 0.717) is 0 Å². The number of hydrogen-bond acceptors (Lipinski definition) is 3. The second-order valence-corrected chi connectivity index (χ2v) is 25.9. The van der Waals surface area contributed by atoms with Crippen molar-refractivity contribution in [2.24, 2.45) is 0 Å². The molecule has 3 aliphatic heterocycles. The van der Waals surface area contributed by atoms with E-state index < -0.39 is 0 Å². The highest BCUT2D eigenvalue weighted by Gasteiger charge is 2.57. The Morgan fingerprint density at radius 3 is 1.65 bits per heavy atom. The van der Waals surface area contributed by atoms with E-state index in [-0.39, 0.29) is 28.5 Å². The molecule has 0 radical (unpaired) electrons.